The van der Waals surface area contributed by atoms with Crippen LogP contribution in [-0.2, 0) is 4.79 Å². The molecule has 92 valence electrons. The van der Waals surface area contributed by atoms with E-state index in [-0.39, 0.29) is 17.9 Å². The van der Waals surface area contributed by atoms with Gasteiger partial charge in [-0.1, -0.05) is 37.3 Å². The highest BCUT2D eigenvalue weighted by atomic mass is 16.2. The lowest BCUT2D eigenvalue weighted by molar-refractivity contribution is -0.126. The van der Waals surface area contributed by atoms with Crippen molar-refractivity contribution in [3.63, 3.8) is 0 Å². The van der Waals surface area contributed by atoms with Crippen LogP contribution < -0.4 is 10.6 Å². The summed E-state index contributed by atoms with van der Waals surface area (Å²) >= 11 is 0. The second-order valence-corrected chi connectivity index (χ2v) is 4.88. The van der Waals surface area contributed by atoms with Crippen LogP contribution in [0.15, 0.2) is 30.3 Å². The maximum atomic E-state index is 12.1. The van der Waals surface area contributed by atoms with Crippen LogP contribution in [0, 0.1) is 11.8 Å². The van der Waals surface area contributed by atoms with Gasteiger partial charge in [0, 0.05) is 6.54 Å². The highest BCUT2D eigenvalue weighted by Crippen LogP contribution is 2.18. The van der Waals surface area contributed by atoms with Crippen molar-refractivity contribution < 1.29 is 4.79 Å². The first-order valence-electron chi connectivity index (χ1n) is 6.24. The number of nitrogens with one attached hydrogen (secondary N) is 2. The van der Waals surface area contributed by atoms with E-state index in [1.54, 1.807) is 0 Å². The molecule has 2 rings (SSSR count). The van der Waals surface area contributed by atoms with Crippen molar-refractivity contribution in [2.45, 2.75) is 19.9 Å². The zero-order valence-corrected chi connectivity index (χ0v) is 10.4. The highest BCUT2D eigenvalue weighted by Gasteiger charge is 2.30. The molecule has 0 unspecified atom stereocenters. The lowest BCUT2D eigenvalue weighted by atomic mass is 9.96. The maximum Gasteiger partial charge on any atom is 0.225 e. The summed E-state index contributed by atoms with van der Waals surface area (Å²) in [5, 5.41) is 6.34. The molecule has 0 radical (unpaired) electrons. The quantitative estimate of drug-likeness (QED) is 0.833. The average Bonchev–Trinajstić information content (AvgIpc) is 2.76. The van der Waals surface area contributed by atoms with Crippen LogP contribution in [0.1, 0.15) is 25.5 Å². The van der Waals surface area contributed by atoms with Gasteiger partial charge in [0.05, 0.1) is 12.0 Å². The smallest absolute Gasteiger partial charge is 0.225 e. The summed E-state index contributed by atoms with van der Waals surface area (Å²) in [6.45, 7) is 5.89. The molecule has 2 N–H and O–H groups in total. The fourth-order valence-electron chi connectivity index (χ4n) is 2.31. The molecule has 1 fully saturated rings. The van der Waals surface area contributed by atoms with Crippen LogP contribution >= 0.6 is 0 Å². The van der Waals surface area contributed by atoms with E-state index in [1.165, 1.54) is 0 Å². The lowest BCUT2D eigenvalue weighted by Gasteiger charge is -2.19. The van der Waals surface area contributed by atoms with E-state index in [2.05, 4.69) is 17.6 Å². The third-order valence-electron chi connectivity index (χ3n) is 3.51. The molecule has 0 aromatic heterocycles. The van der Waals surface area contributed by atoms with Crippen molar-refractivity contribution in [1.29, 1.82) is 0 Å². The van der Waals surface area contributed by atoms with Gasteiger partial charge in [0.15, 0.2) is 0 Å². The topological polar surface area (TPSA) is 41.1 Å². The molecule has 3 heteroatoms. The van der Waals surface area contributed by atoms with Crippen LogP contribution in [0.25, 0.3) is 0 Å². The normalized spacial score (nSPS) is 25.5. The highest BCUT2D eigenvalue weighted by molar-refractivity contribution is 5.80. The molecule has 3 atom stereocenters. The lowest BCUT2D eigenvalue weighted by Crippen LogP contribution is -2.35. The second-order valence-electron chi connectivity index (χ2n) is 4.88. The van der Waals surface area contributed by atoms with Crippen molar-refractivity contribution >= 4 is 5.91 Å². The molecule has 1 heterocycles. The zero-order chi connectivity index (χ0) is 12.3. The molecule has 0 spiro atoms. The van der Waals surface area contributed by atoms with E-state index >= 15 is 0 Å². The van der Waals surface area contributed by atoms with Crippen LogP contribution in [0.4, 0.5) is 0 Å². The number of amides is 1. The molecule has 1 aromatic carbocycles. The number of carbonyl (C=O) groups excluding carboxylic acids is 1. The SMILES string of the molecule is C[C@@H]1CNC[C@H]1C(=O)N[C@H](C)c1ccccc1. The number of hydrogen-bond acceptors (Lipinski definition) is 2. The van der Waals surface area contributed by atoms with Gasteiger partial charge in [-0.2, -0.15) is 0 Å². The summed E-state index contributed by atoms with van der Waals surface area (Å²) in [6, 6.07) is 10.1. The molecule has 1 aliphatic rings. The Morgan fingerprint density at radius 2 is 2.06 bits per heavy atom. The first kappa shape index (κ1) is 12.1. The average molecular weight is 232 g/mol. The minimum absolute atomic E-state index is 0.0801. The number of hydrogen-bond donors (Lipinski definition) is 2. The van der Waals surface area contributed by atoms with E-state index in [1.807, 2.05) is 37.3 Å². The number of carbonyl (C=O) groups is 1. The summed E-state index contributed by atoms with van der Waals surface area (Å²) < 4.78 is 0. The van der Waals surface area contributed by atoms with E-state index in [9.17, 15) is 4.79 Å². The molecule has 0 saturated carbocycles. The number of benzene rings is 1. The summed E-state index contributed by atoms with van der Waals surface area (Å²) in [6.07, 6.45) is 0. The van der Waals surface area contributed by atoms with Crippen molar-refractivity contribution in [1.82, 2.24) is 10.6 Å². The largest absolute Gasteiger partial charge is 0.349 e. The van der Waals surface area contributed by atoms with Crippen LogP contribution in [0.5, 0.6) is 0 Å². The molecule has 0 bridgehead atoms. The van der Waals surface area contributed by atoms with Crippen molar-refractivity contribution in [3.8, 4) is 0 Å². The second kappa shape index (κ2) is 5.32. The predicted molar refractivity (Wildman–Crippen MR) is 68.5 cm³/mol. The summed E-state index contributed by atoms with van der Waals surface area (Å²) in [4.78, 5) is 12.1. The molecule has 1 aromatic rings. The molecule has 1 saturated heterocycles. The van der Waals surface area contributed by atoms with Crippen molar-refractivity contribution in [3.05, 3.63) is 35.9 Å². The van der Waals surface area contributed by atoms with Crippen LogP contribution in [0.2, 0.25) is 0 Å². The monoisotopic (exact) mass is 232 g/mol. The van der Waals surface area contributed by atoms with Crippen LogP contribution in [0.3, 0.4) is 0 Å². The Morgan fingerprint density at radius 3 is 2.65 bits per heavy atom. The standard InChI is InChI=1S/C14H20N2O/c1-10-8-15-9-13(10)14(17)16-11(2)12-6-4-3-5-7-12/h3-7,10-11,13,15H,8-9H2,1-2H3,(H,16,17)/t10-,11-,13-/m1/s1. The summed E-state index contributed by atoms with van der Waals surface area (Å²) in [5.41, 5.74) is 1.15. The Bertz CT molecular complexity index is 377. The first-order valence-corrected chi connectivity index (χ1v) is 6.24. The molecule has 17 heavy (non-hydrogen) atoms. The van der Waals surface area contributed by atoms with Crippen LogP contribution in [-0.4, -0.2) is 19.0 Å². The van der Waals surface area contributed by atoms with Crippen molar-refractivity contribution in [2.24, 2.45) is 11.8 Å². The van der Waals surface area contributed by atoms with Gasteiger partial charge in [0.25, 0.3) is 0 Å². The predicted octanol–water partition coefficient (Wildman–Crippen LogP) is 1.72. The number of rotatable bonds is 3. The van der Waals surface area contributed by atoms with Crippen molar-refractivity contribution in [2.75, 3.05) is 13.1 Å². The van der Waals surface area contributed by atoms with Gasteiger partial charge in [-0.3, -0.25) is 4.79 Å². The van der Waals surface area contributed by atoms with Gasteiger partial charge in [0.1, 0.15) is 0 Å². The van der Waals surface area contributed by atoms with Gasteiger partial charge >= 0.3 is 0 Å². The Morgan fingerprint density at radius 1 is 1.35 bits per heavy atom. The maximum absolute atomic E-state index is 12.1. The minimum Gasteiger partial charge on any atom is -0.349 e. The van der Waals surface area contributed by atoms with Gasteiger partial charge in [-0.25, -0.2) is 0 Å². The van der Waals surface area contributed by atoms with Gasteiger partial charge in [0.2, 0.25) is 5.91 Å². The third-order valence-corrected chi connectivity index (χ3v) is 3.51. The Labute approximate surface area is 103 Å². The van der Waals surface area contributed by atoms with Gasteiger partial charge in [-0.05, 0) is 24.9 Å². The molecule has 0 aliphatic carbocycles. The van der Waals surface area contributed by atoms with Gasteiger partial charge in [-0.15, -0.1) is 0 Å². The fraction of sp³-hybridized carbons (Fsp3) is 0.500. The Kier molecular flexibility index (Phi) is 3.79. The van der Waals surface area contributed by atoms with E-state index in [0.29, 0.717) is 5.92 Å². The van der Waals surface area contributed by atoms with E-state index < -0.39 is 0 Å². The zero-order valence-electron chi connectivity index (χ0n) is 10.4. The molecular formula is C14H20N2O. The summed E-state index contributed by atoms with van der Waals surface area (Å²) in [5.74, 6) is 0.706. The van der Waals surface area contributed by atoms with E-state index in [4.69, 9.17) is 0 Å². The fourth-order valence-corrected chi connectivity index (χ4v) is 2.31. The van der Waals surface area contributed by atoms with E-state index in [0.717, 1.165) is 18.7 Å². The van der Waals surface area contributed by atoms with Gasteiger partial charge < -0.3 is 10.6 Å². The minimum atomic E-state index is 0.0801. The molecule has 3 nitrogen and oxygen atoms in total. The molecular weight excluding hydrogens is 212 g/mol. The summed E-state index contributed by atoms with van der Waals surface area (Å²) in [7, 11) is 0. The molecule has 1 aliphatic heterocycles. The Hall–Kier alpha value is -1.35. The molecule has 1 amide bonds. The third kappa shape index (κ3) is 2.86. The first-order chi connectivity index (χ1) is 8.18. The Balaban J connectivity index is 1.95.